The third-order valence-corrected chi connectivity index (χ3v) is 3.72. The first-order valence-corrected chi connectivity index (χ1v) is 6.24. The van der Waals surface area contributed by atoms with Crippen LogP contribution in [0, 0.1) is 0 Å². The Hall–Kier alpha value is -0.380. The standard InChI is InChI=1S/C12H17BrN2/c1-15-8-4-7-14-9-12(15)10-5-2-3-6-11(10)13/h2-3,5-6,12,14H,4,7-9H2,1H3. The van der Waals surface area contributed by atoms with Crippen LogP contribution in [0.4, 0.5) is 0 Å². The first-order chi connectivity index (χ1) is 7.29. The van der Waals surface area contributed by atoms with Gasteiger partial charge in [0.15, 0.2) is 0 Å². The van der Waals surface area contributed by atoms with Crippen molar-refractivity contribution in [1.82, 2.24) is 10.2 Å². The summed E-state index contributed by atoms with van der Waals surface area (Å²) in [5.74, 6) is 0. The highest BCUT2D eigenvalue weighted by atomic mass is 79.9. The summed E-state index contributed by atoms with van der Waals surface area (Å²) in [5.41, 5.74) is 1.38. The van der Waals surface area contributed by atoms with Crippen LogP contribution in [0.5, 0.6) is 0 Å². The van der Waals surface area contributed by atoms with Crippen LogP contribution in [0.3, 0.4) is 0 Å². The van der Waals surface area contributed by atoms with Crippen molar-refractivity contribution in [3.8, 4) is 0 Å². The van der Waals surface area contributed by atoms with Crippen LogP contribution >= 0.6 is 15.9 Å². The predicted octanol–water partition coefficient (Wildman–Crippen LogP) is 2.42. The number of hydrogen-bond donors (Lipinski definition) is 1. The molecule has 0 amide bonds. The van der Waals surface area contributed by atoms with Crippen molar-refractivity contribution in [2.45, 2.75) is 12.5 Å². The van der Waals surface area contributed by atoms with Gasteiger partial charge in [-0.05, 0) is 38.2 Å². The maximum absolute atomic E-state index is 3.63. The lowest BCUT2D eigenvalue weighted by Gasteiger charge is -2.26. The Morgan fingerprint density at radius 2 is 2.20 bits per heavy atom. The first-order valence-electron chi connectivity index (χ1n) is 5.44. The van der Waals surface area contributed by atoms with Gasteiger partial charge in [-0.15, -0.1) is 0 Å². The topological polar surface area (TPSA) is 15.3 Å². The number of rotatable bonds is 1. The molecule has 15 heavy (non-hydrogen) atoms. The van der Waals surface area contributed by atoms with Gasteiger partial charge in [0.05, 0.1) is 0 Å². The molecular formula is C12H17BrN2. The van der Waals surface area contributed by atoms with Crippen LogP contribution < -0.4 is 5.32 Å². The van der Waals surface area contributed by atoms with Gasteiger partial charge in [-0.2, -0.15) is 0 Å². The van der Waals surface area contributed by atoms with Crippen molar-refractivity contribution in [1.29, 1.82) is 0 Å². The van der Waals surface area contributed by atoms with Crippen molar-refractivity contribution in [3.05, 3.63) is 34.3 Å². The number of halogens is 1. The number of nitrogens with zero attached hydrogens (tertiary/aromatic N) is 1. The quantitative estimate of drug-likeness (QED) is 0.842. The second-order valence-electron chi connectivity index (χ2n) is 4.08. The number of benzene rings is 1. The minimum absolute atomic E-state index is 0.489. The molecule has 0 spiro atoms. The van der Waals surface area contributed by atoms with E-state index in [4.69, 9.17) is 0 Å². The van der Waals surface area contributed by atoms with Gasteiger partial charge in [0.25, 0.3) is 0 Å². The Morgan fingerprint density at radius 1 is 1.40 bits per heavy atom. The minimum Gasteiger partial charge on any atom is -0.315 e. The van der Waals surface area contributed by atoms with Crippen molar-refractivity contribution >= 4 is 15.9 Å². The third kappa shape index (κ3) is 2.60. The molecule has 0 aromatic heterocycles. The lowest BCUT2D eigenvalue weighted by Crippen LogP contribution is -2.29. The van der Waals surface area contributed by atoms with E-state index in [0.717, 1.165) is 13.1 Å². The van der Waals surface area contributed by atoms with Crippen LogP contribution in [0.1, 0.15) is 18.0 Å². The first kappa shape index (κ1) is 11.1. The monoisotopic (exact) mass is 268 g/mol. The fourth-order valence-corrected chi connectivity index (χ4v) is 2.65. The summed E-state index contributed by atoms with van der Waals surface area (Å²) in [7, 11) is 2.21. The van der Waals surface area contributed by atoms with Crippen molar-refractivity contribution in [2.75, 3.05) is 26.7 Å². The summed E-state index contributed by atoms with van der Waals surface area (Å²) in [5, 5.41) is 3.49. The average Bonchev–Trinajstić information content (AvgIpc) is 2.44. The molecule has 1 atom stereocenters. The molecule has 0 aliphatic carbocycles. The largest absolute Gasteiger partial charge is 0.315 e. The summed E-state index contributed by atoms with van der Waals surface area (Å²) in [6.45, 7) is 3.34. The summed E-state index contributed by atoms with van der Waals surface area (Å²) < 4.78 is 1.21. The molecule has 82 valence electrons. The third-order valence-electron chi connectivity index (χ3n) is 3.00. The fourth-order valence-electron chi connectivity index (χ4n) is 2.10. The van der Waals surface area contributed by atoms with Crippen LogP contribution in [0.15, 0.2) is 28.7 Å². The maximum Gasteiger partial charge on any atom is 0.0480 e. The van der Waals surface area contributed by atoms with E-state index < -0.39 is 0 Å². The SMILES string of the molecule is CN1CCCNCC1c1ccccc1Br. The summed E-state index contributed by atoms with van der Waals surface area (Å²) in [6.07, 6.45) is 1.23. The molecule has 1 unspecified atom stereocenters. The van der Waals surface area contributed by atoms with E-state index in [1.54, 1.807) is 0 Å². The number of likely N-dealkylation sites (N-methyl/N-ethyl adjacent to an activating group) is 1. The zero-order valence-corrected chi connectivity index (χ0v) is 10.6. The van der Waals surface area contributed by atoms with Crippen LogP contribution in [0.2, 0.25) is 0 Å². The van der Waals surface area contributed by atoms with Crippen LogP contribution in [-0.4, -0.2) is 31.6 Å². The van der Waals surface area contributed by atoms with E-state index in [-0.39, 0.29) is 0 Å². The summed E-state index contributed by atoms with van der Waals surface area (Å²) >= 11 is 3.63. The molecule has 1 N–H and O–H groups in total. The molecule has 1 aromatic carbocycles. The second-order valence-corrected chi connectivity index (χ2v) is 4.93. The molecular weight excluding hydrogens is 252 g/mol. The fraction of sp³-hybridized carbons (Fsp3) is 0.500. The van der Waals surface area contributed by atoms with E-state index in [1.807, 2.05) is 0 Å². The highest BCUT2D eigenvalue weighted by molar-refractivity contribution is 9.10. The molecule has 0 radical (unpaired) electrons. The van der Waals surface area contributed by atoms with E-state index >= 15 is 0 Å². The maximum atomic E-state index is 3.63. The van der Waals surface area contributed by atoms with Crippen molar-refractivity contribution < 1.29 is 0 Å². The van der Waals surface area contributed by atoms with E-state index in [2.05, 4.69) is 57.5 Å². The van der Waals surface area contributed by atoms with Gasteiger partial charge in [-0.3, -0.25) is 4.90 Å². The normalized spacial score (nSPS) is 23.7. The van der Waals surface area contributed by atoms with Gasteiger partial charge in [0.2, 0.25) is 0 Å². The molecule has 1 aliphatic heterocycles. The van der Waals surface area contributed by atoms with Gasteiger partial charge in [0, 0.05) is 17.1 Å². The van der Waals surface area contributed by atoms with Crippen molar-refractivity contribution in [3.63, 3.8) is 0 Å². The van der Waals surface area contributed by atoms with Gasteiger partial charge in [-0.1, -0.05) is 34.1 Å². The molecule has 2 rings (SSSR count). The summed E-state index contributed by atoms with van der Waals surface area (Å²) in [6, 6.07) is 8.99. The predicted molar refractivity (Wildman–Crippen MR) is 67.0 cm³/mol. The number of nitrogens with one attached hydrogen (secondary N) is 1. The molecule has 1 fully saturated rings. The minimum atomic E-state index is 0.489. The molecule has 3 heteroatoms. The lowest BCUT2D eigenvalue weighted by molar-refractivity contribution is 0.261. The highest BCUT2D eigenvalue weighted by Gasteiger charge is 2.20. The Kier molecular flexibility index (Phi) is 3.78. The number of hydrogen-bond acceptors (Lipinski definition) is 2. The Labute approximate surface area is 99.8 Å². The van der Waals surface area contributed by atoms with E-state index in [9.17, 15) is 0 Å². The van der Waals surface area contributed by atoms with E-state index in [1.165, 1.54) is 23.0 Å². The second kappa shape index (κ2) is 5.10. The van der Waals surface area contributed by atoms with Crippen LogP contribution in [0.25, 0.3) is 0 Å². The Balaban J connectivity index is 2.24. The highest BCUT2D eigenvalue weighted by Crippen LogP contribution is 2.27. The van der Waals surface area contributed by atoms with Gasteiger partial charge >= 0.3 is 0 Å². The molecule has 0 saturated carbocycles. The molecule has 1 saturated heterocycles. The molecule has 1 aliphatic rings. The van der Waals surface area contributed by atoms with Crippen molar-refractivity contribution in [2.24, 2.45) is 0 Å². The molecule has 1 aromatic rings. The smallest absolute Gasteiger partial charge is 0.0480 e. The Bertz CT molecular complexity index is 327. The lowest BCUT2D eigenvalue weighted by atomic mass is 10.1. The molecule has 1 heterocycles. The average molecular weight is 269 g/mol. The zero-order valence-electron chi connectivity index (χ0n) is 9.04. The summed E-state index contributed by atoms with van der Waals surface area (Å²) in [4.78, 5) is 2.43. The molecule has 0 bridgehead atoms. The Morgan fingerprint density at radius 3 is 3.00 bits per heavy atom. The zero-order chi connectivity index (χ0) is 10.7. The van der Waals surface area contributed by atoms with Gasteiger partial charge in [0.1, 0.15) is 0 Å². The van der Waals surface area contributed by atoms with Gasteiger partial charge in [-0.25, -0.2) is 0 Å². The van der Waals surface area contributed by atoms with E-state index in [0.29, 0.717) is 6.04 Å². The molecule has 2 nitrogen and oxygen atoms in total. The van der Waals surface area contributed by atoms with Gasteiger partial charge < -0.3 is 5.32 Å². The van der Waals surface area contributed by atoms with Crippen LogP contribution in [-0.2, 0) is 0 Å².